The van der Waals surface area contributed by atoms with Gasteiger partial charge in [-0.15, -0.1) is 0 Å². The Morgan fingerprint density at radius 1 is 0.467 bits per heavy atom. The minimum Gasteiger partial charge on any atom is -0.394 e. The number of ether oxygens (including phenoxy) is 6. The fourth-order valence-electron chi connectivity index (χ4n) is 10.2. The number of unbranched alkanes of at least 4 members (excludes halogenated alkanes) is 27. The summed E-state index contributed by atoms with van der Waals surface area (Å²) in [7, 11) is 0. The predicted octanol–water partition coefficient (Wildman–Crippen LogP) is 4.60. The molecule has 3 saturated heterocycles. The van der Waals surface area contributed by atoms with Gasteiger partial charge in [0.2, 0.25) is 5.91 Å². The second-order valence-corrected chi connectivity index (χ2v) is 21.5. The third-order valence-corrected chi connectivity index (χ3v) is 15.1. The SMILES string of the molecule is CCCCCCCCCCCCCC=CC(O)C(COC1OC(CO)C(OC2OC(CO)C(OC3OC(CO)C(O)C(O)C3O)C(O)C2O)C(O)C1O)NC(=O)CCCCCCCCCCCCCCCCCCC. The second kappa shape index (κ2) is 40.7. The van der Waals surface area contributed by atoms with Gasteiger partial charge in [0.1, 0.15) is 73.2 Å². The van der Waals surface area contributed by atoms with E-state index in [-0.39, 0.29) is 18.9 Å². The van der Waals surface area contributed by atoms with Crippen molar-refractivity contribution in [3.8, 4) is 0 Å². The Hall–Kier alpha value is -1.47. The van der Waals surface area contributed by atoms with Gasteiger partial charge >= 0.3 is 0 Å². The zero-order valence-electron chi connectivity index (χ0n) is 45.8. The quantitative estimate of drug-likeness (QED) is 0.0293. The highest BCUT2D eigenvalue weighted by atomic mass is 16.8. The summed E-state index contributed by atoms with van der Waals surface area (Å²) in [6, 6.07) is -0.966. The van der Waals surface area contributed by atoms with Crippen molar-refractivity contribution in [1.29, 1.82) is 0 Å². The number of carbonyl (C=O) groups is 1. The van der Waals surface area contributed by atoms with E-state index in [0.717, 1.165) is 44.9 Å². The van der Waals surface area contributed by atoms with Crippen LogP contribution in [0, 0.1) is 0 Å². The average Bonchev–Trinajstić information content (AvgIpc) is 3.41. The van der Waals surface area contributed by atoms with E-state index in [0.29, 0.717) is 6.42 Å². The minimum absolute atomic E-state index is 0.249. The summed E-state index contributed by atoms with van der Waals surface area (Å²) in [5.74, 6) is -0.274. The average molecular weight is 1080 g/mol. The van der Waals surface area contributed by atoms with Crippen LogP contribution in [-0.4, -0.2) is 193 Å². The Kier molecular flexibility index (Phi) is 36.8. The largest absolute Gasteiger partial charge is 0.394 e. The highest BCUT2D eigenvalue weighted by Crippen LogP contribution is 2.33. The first kappa shape index (κ1) is 67.8. The molecular weight excluding hydrogens is 975 g/mol. The van der Waals surface area contributed by atoms with Crippen LogP contribution in [-0.2, 0) is 33.2 Å². The lowest BCUT2D eigenvalue weighted by Crippen LogP contribution is -2.66. The summed E-state index contributed by atoms with van der Waals surface area (Å²) in [6.07, 6.45) is 11.9. The van der Waals surface area contributed by atoms with Crippen LogP contribution in [0.1, 0.15) is 206 Å². The Morgan fingerprint density at radius 3 is 1.25 bits per heavy atom. The maximum Gasteiger partial charge on any atom is 0.220 e. The van der Waals surface area contributed by atoms with E-state index in [2.05, 4.69) is 19.2 Å². The Balaban J connectivity index is 1.51. The predicted molar refractivity (Wildman–Crippen MR) is 282 cm³/mol. The number of nitrogens with one attached hydrogen (secondary N) is 1. The molecule has 3 rings (SSSR count). The molecule has 3 aliphatic rings. The molecule has 17 atom stereocenters. The first-order valence-corrected chi connectivity index (χ1v) is 29.4. The van der Waals surface area contributed by atoms with Crippen molar-refractivity contribution in [2.75, 3.05) is 26.4 Å². The topological polar surface area (TPSA) is 307 Å². The maximum absolute atomic E-state index is 13.3. The zero-order chi connectivity index (χ0) is 54.8. The molecule has 442 valence electrons. The molecule has 17 unspecified atom stereocenters. The van der Waals surface area contributed by atoms with Crippen molar-refractivity contribution in [2.24, 2.45) is 0 Å². The molecular formula is C56H105NO18. The third-order valence-electron chi connectivity index (χ3n) is 15.1. The van der Waals surface area contributed by atoms with Crippen LogP contribution in [0.2, 0.25) is 0 Å². The molecule has 19 nitrogen and oxygen atoms in total. The Morgan fingerprint density at radius 2 is 0.827 bits per heavy atom. The minimum atomic E-state index is -1.97. The van der Waals surface area contributed by atoms with Crippen molar-refractivity contribution in [1.82, 2.24) is 5.32 Å². The van der Waals surface area contributed by atoms with Crippen molar-refractivity contribution in [3.05, 3.63) is 12.2 Å². The first-order chi connectivity index (χ1) is 36.3. The van der Waals surface area contributed by atoms with Crippen LogP contribution in [0.5, 0.6) is 0 Å². The van der Waals surface area contributed by atoms with E-state index in [4.69, 9.17) is 28.4 Å². The molecule has 0 saturated carbocycles. The molecule has 0 aromatic rings. The van der Waals surface area contributed by atoms with Crippen molar-refractivity contribution in [3.63, 3.8) is 0 Å². The molecule has 0 bridgehead atoms. The number of rotatable bonds is 43. The molecule has 3 aliphatic heterocycles. The summed E-state index contributed by atoms with van der Waals surface area (Å²) >= 11 is 0. The molecule has 3 heterocycles. The van der Waals surface area contributed by atoms with Gasteiger partial charge in [0, 0.05) is 6.42 Å². The molecule has 3 fully saturated rings. The lowest BCUT2D eigenvalue weighted by Gasteiger charge is -2.48. The van der Waals surface area contributed by atoms with Crippen LogP contribution >= 0.6 is 0 Å². The number of aliphatic hydroxyl groups excluding tert-OH is 11. The Bertz CT molecular complexity index is 1430. The summed E-state index contributed by atoms with van der Waals surface area (Å²) in [6.45, 7) is 1.72. The van der Waals surface area contributed by atoms with Crippen LogP contribution < -0.4 is 5.32 Å². The van der Waals surface area contributed by atoms with E-state index in [1.807, 2.05) is 6.08 Å². The van der Waals surface area contributed by atoms with Crippen LogP contribution in [0.4, 0.5) is 0 Å². The van der Waals surface area contributed by atoms with Crippen molar-refractivity contribution in [2.45, 2.75) is 311 Å². The maximum atomic E-state index is 13.3. The fraction of sp³-hybridized carbons (Fsp3) is 0.946. The summed E-state index contributed by atoms with van der Waals surface area (Å²) in [5.41, 5.74) is 0. The summed E-state index contributed by atoms with van der Waals surface area (Å²) in [5, 5.41) is 120. The fourth-order valence-corrected chi connectivity index (χ4v) is 10.2. The first-order valence-electron chi connectivity index (χ1n) is 29.4. The van der Waals surface area contributed by atoms with E-state index >= 15 is 0 Å². The molecule has 75 heavy (non-hydrogen) atoms. The van der Waals surface area contributed by atoms with Crippen LogP contribution in [0.3, 0.4) is 0 Å². The van der Waals surface area contributed by atoms with Crippen molar-refractivity contribution >= 4 is 5.91 Å². The highest BCUT2D eigenvalue weighted by molar-refractivity contribution is 5.76. The normalized spacial score (nSPS) is 31.2. The second-order valence-electron chi connectivity index (χ2n) is 21.5. The lowest BCUT2D eigenvalue weighted by molar-refractivity contribution is -0.379. The molecule has 0 radical (unpaired) electrons. The summed E-state index contributed by atoms with van der Waals surface area (Å²) in [4.78, 5) is 13.3. The summed E-state index contributed by atoms with van der Waals surface area (Å²) < 4.78 is 34.2. The van der Waals surface area contributed by atoms with E-state index < -0.39 is 124 Å². The molecule has 0 spiro atoms. The third kappa shape index (κ3) is 25.3. The number of amides is 1. The van der Waals surface area contributed by atoms with Crippen molar-refractivity contribution < 1.29 is 89.4 Å². The number of aliphatic hydroxyl groups is 11. The van der Waals surface area contributed by atoms with E-state index in [1.54, 1.807) is 6.08 Å². The van der Waals surface area contributed by atoms with Gasteiger partial charge in [0.25, 0.3) is 0 Å². The van der Waals surface area contributed by atoms with Gasteiger partial charge in [0.05, 0.1) is 38.6 Å². The van der Waals surface area contributed by atoms with Gasteiger partial charge in [-0.1, -0.05) is 193 Å². The van der Waals surface area contributed by atoms with Gasteiger partial charge in [-0.25, -0.2) is 0 Å². The zero-order valence-corrected chi connectivity index (χ0v) is 45.8. The van der Waals surface area contributed by atoms with Crippen LogP contribution in [0.25, 0.3) is 0 Å². The van der Waals surface area contributed by atoms with Gasteiger partial charge in [0.15, 0.2) is 18.9 Å². The number of allylic oxidation sites excluding steroid dienone is 1. The van der Waals surface area contributed by atoms with E-state index in [1.165, 1.54) is 135 Å². The monoisotopic (exact) mass is 1080 g/mol. The standard InChI is InChI=1S/C56H105NO18/c1-3-5-7-9-11-13-15-17-18-19-20-22-24-26-28-30-32-34-44(62)57-39(40(61)33-31-29-27-25-23-21-16-14-12-10-8-6-4-2)38-70-54-50(68)47(65)52(42(36-59)72-54)75-56-51(69)48(66)53(43(37-60)73-56)74-55-49(67)46(64)45(63)41(35-58)71-55/h31,33,39-43,45-56,58-61,63-69H,3-30,32,34-38H2,1-2H3,(H,57,62). The highest BCUT2D eigenvalue weighted by Gasteiger charge is 2.53. The van der Waals surface area contributed by atoms with Gasteiger partial charge in [-0.3, -0.25) is 4.79 Å². The van der Waals surface area contributed by atoms with Gasteiger partial charge in [-0.2, -0.15) is 0 Å². The van der Waals surface area contributed by atoms with Crippen LogP contribution in [0.15, 0.2) is 12.2 Å². The smallest absolute Gasteiger partial charge is 0.220 e. The number of hydrogen-bond donors (Lipinski definition) is 12. The van der Waals surface area contributed by atoms with Gasteiger partial charge < -0.3 is 89.9 Å². The van der Waals surface area contributed by atoms with Gasteiger partial charge in [-0.05, 0) is 19.3 Å². The molecule has 0 aliphatic carbocycles. The van der Waals surface area contributed by atoms with E-state index in [9.17, 15) is 61.0 Å². The molecule has 0 aromatic carbocycles. The number of carbonyl (C=O) groups excluding carboxylic acids is 1. The Labute approximate surface area is 448 Å². The molecule has 19 heteroatoms. The number of hydrogen-bond acceptors (Lipinski definition) is 18. The molecule has 1 amide bonds. The molecule has 12 N–H and O–H groups in total. The molecule has 0 aromatic heterocycles. The lowest BCUT2D eigenvalue weighted by atomic mass is 9.96.